The van der Waals surface area contributed by atoms with E-state index in [1.54, 1.807) is 11.3 Å². The summed E-state index contributed by atoms with van der Waals surface area (Å²) in [5.41, 5.74) is 8.65. The topological polar surface area (TPSA) is 56.0 Å². The van der Waals surface area contributed by atoms with Gasteiger partial charge < -0.3 is 5.73 Å². The molecule has 88 valence electrons. The van der Waals surface area contributed by atoms with Gasteiger partial charge >= 0.3 is 0 Å². The number of allylic oxidation sites excluding steroid dienone is 4. The van der Waals surface area contributed by atoms with Gasteiger partial charge in [-0.1, -0.05) is 17.3 Å². The summed E-state index contributed by atoms with van der Waals surface area (Å²) in [6.45, 7) is 0. The van der Waals surface area contributed by atoms with Gasteiger partial charge in [-0.25, -0.2) is 4.98 Å². The second-order valence-corrected chi connectivity index (χ2v) is 6.72. The first-order valence-corrected chi connectivity index (χ1v) is 7.25. The van der Waals surface area contributed by atoms with Crippen LogP contribution in [0.15, 0.2) is 38.8 Å². The lowest BCUT2D eigenvalue weighted by Gasteiger charge is -2.10. The van der Waals surface area contributed by atoms with Gasteiger partial charge in [-0.15, -0.1) is 11.3 Å². The monoisotopic (exact) mass is 264 g/mol. The number of ketones is 1. The van der Waals surface area contributed by atoms with Gasteiger partial charge in [0.1, 0.15) is 4.34 Å². The number of carbonyl (C=O) groups is 1. The molecular weight excluding hydrogens is 252 g/mol. The van der Waals surface area contributed by atoms with Crippen LogP contribution in [0.3, 0.4) is 0 Å². The first kappa shape index (κ1) is 11.0. The predicted molar refractivity (Wildman–Crippen MR) is 69.9 cm³/mol. The lowest BCUT2D eigenvalue weighted by molar-refractivity contribution is -0.115. The van der Waals surface area contributed by atoms with E-state index in [9.17, 15) is 4.79 Å². The highest BCUT2D eigenvalue weighted by atomic mass is 32.2. The summed E-state index contributed by atoms with van der Waals surface area (Å²) < 4.78 is 1.11. The molecule has 1 aromatic rings. The Morgan fingerprint density at radius 1 is 1.47 bits per heavy atom. The highest BCUT2D eigenvalue weighted by molar-refractivity contribution is 8.01. The molecule has 0 saturated carbocycles. The van der Waals surface area contributed by atoms with E-state index in [-0.39, 0.29) is 5.78 Å². The number of Topliss-reactive ketones (excluding diaryl/α,β-unsaturated/α-hetero) is 1. The Morgan fingerprint density at radius 2 is 2.35 bits per heavy atom. The highest BCUT2D eigenvalue weighted by Gasteiger charge is 2.29. The first-order valence-electron chi connectivity index (χ1n) is 5.50. The number of nitrogens with two attached hydrogens (primary N) is 1. The van der Waals surface area contributed by atoms with Crippen molar-refractivity contribution in [1.29, 1.82) is 0 Å². The average Bonchev–Trinajstić information content (AvgIpc) is 2.89. The molecule has 1 atom stereocenters. The minimum absolute atomic E-state index is 0.0728. The number of thiazole rings is 1. The summed E-state index contributed by atoms with van der Waals surface area (Å²) in [5.74, 6) is 0.0728. The smallest absolute Gasteiger partial charge is 0.182 e. The minimum Gasteiger partial charge on any atom is -0.396 e. The van der Waals surface area contributed by atoms with Gasteiger partial charge in [-0.3, -0.25) is 4.79 Å². The maximum Gasteiger partial charge on any atom is 0.182 e. The summed E-state index contributed by atoms with van der Waals surface area (Å²) in [5, 5.41) is 2.51. The molecule has 1 heterocycles. The largest absolute Gasteiger partial charge is 0.396 e. The molecule has 0 radical (unpaired) electrons. The van der Waals surface area contributed by atoms with Crippen LogP contribution in [0.25, 0.3) is 0 Å². The summed E-state index contributed by atoms with van der Waals surface area (Å²) >= 11 is 3.48. The zero-order valence-electron chi connectivity index (χ0n) is 9.18. The molecule has 0 fully saturated rings. The molecule has 0 saturated heterocycles. The van der Waals surface area contributed by atoms with Crippen LogP contribution in [0.4, 0.5) is 0 Å². The van der Waals surface area contributed by atoms with E-state index in [0.717, 1.165) is 17.2 Å². The summed E-state index contributed by atoms with van der Waals surface area (Å²) in [6, 6.07) is 0. The molecule has 3 nitrogen and oxygen atoms in total. The van der Waals surface area contributed by atoms with E-state index >= 15 is 0 Å². The third-order valence-corrected chi connectivity index (χ3v) is 5.19. The Kier molecular flexibility index (Phi) is 2.80. The van der Waals surface area contributed by atoms with Gasteiger partial charge in [0, 0.05) is 23.2 Å². The molecule has 1 aromatic heterocycles. The third kappa shape index (κ3) is 2.17. The molecule has 2 N–H and O–H groups in total. The van der Waals surface area contributed by atoms with Crippen molar-refractivity contribution in [3.05, 3.63) is 34.5 Å². The SMILES string of the molecule is NC1=CC2=C(CC1=O)CC(Sc1nccs1)C2. The lowest BCUT2D eigenvalue weighted by atomic mass is 9.97. The van der Waals surface area contributed by atoms with Crippen LogP contribution in [0, 0.1) is 0 Å². The Labute approximate surface area is 108 Å². The van der Waals surface area contributed by atoms with Crippen molar-refractivity contribution in [2.75, 3.05) is 0 Å². The van der Waals surface area contributed by atoms with Crippen molar-refractivity contribution in [3.63, 3.8) is 0 Å². The van der Waals surface area contributed by atoms with Crippen LogP contribution in [0.2, 0.25) is 0 Å². The normalized spacial score (nSPS) is 23.9. The number of carbonyl (C=O) groups excluding carboxylic acids is 1. The van der Waals surface area contributed by atoms with E-state index in [2.05, 4.69) is 4.98 Å². The quantitative estimate of drug-likeness (QED) is 0.891. The number of rotatable bonds is 2. The molecular formula is C12H12N2OS2. The van der Waals surface area contributed by atoms with Crippen molar-refractivity contribution < 1.29 is 4.79 Å². The van der Waals surface area contributed by atoms with Gasteiger partial charge in [0.05, 0.1) is 5.70 Å². The Hall–Kier alpha value is -1.07. The summed E-state index contributed by atoms with van der Waals surface area (Å²) in [4.78, 5) is 15.8. The number of thioether (sulfide) groups is 1. The third-order valence-electron chi connectivity index (χ3n) is 3.08. The summed E-state index contributed by atoms with van der Waals surface area (Å²) in [7, 11) is 0. The maximum atomic E-state index is 11.5. The Balaban J connectivity index is 1.71. The first-order chi connectivity index (χ1) is 8.22. The van der Waals surface area contributed by atoms with Crippen LogP contribution in [-0.4, -0.2) is 16.0 Å². The molecule has 1 unspecified atom stereocenters. The van der Waals surface area contributed by atoms with Crippen LogP contribution >= 0.6 is 23.1 Å². The van der Waals surface area contributed by atoms with Gasteiger partial charge in [0.2, 0.25) is 0 Å². The van der Waals surface area contributed by atoms with Crippen LogP contribution < -0.4 is 5.73 Å². The molecule has 0 amide bonds. The van der Waals surface area contributed by atoms with Crippen molar-refractivity contribution in [2.24, 2.45) is 5.73 Å². The lowest BCUT2D eigenvalue weighted by Crippen LogP contribution is -2.15. The van der Waals surface area contributed by atoms with Gasteiger partial charge in [0.25, 0.3) is 0 Å². The van der Waals surface area contributed by atoms with Crippen molar-refractivity contribution >= 4 is 28.9 Å². The molecule has 2 aliphatic carbocycles. The predicted octanol–water partition coefficient (Wildman–Crippen LogP) is 2.51. The fraction of sp³-hybridized carbons (Fsp3) is 0.333. The molecule has 0 bridgehead atoms. The number of hydrogen-bond donors (Lipinski definition) is 1. The van der Waals surface area contributed by atoms with E-state index in [4.69, 9.17) is 5.73 Å². The molecule has 3 rings (SSSR count). The molecule has 0 aromatic carbocycles. The molecule has 17 heavy (non-hydrogen) atoms. The Morgan fingerprint density at radius 3 is 3.12 bits per heavy atom. The van der Waals surface area contributed by atoms with Gasteiger partial charge in [-0.2, -0.15) is 0 Å². The van der Waals surface area contributed by atoms with E-state index in [0.29, 0.717) is 17.4 Å². The second kappa shape index (κ2) is 4.31. The van der Waals surface area contributed by atoms with Crippen molar-refractivity contribution in [2.45, 2.75) is 28.9 Å². The fourth-order valence-corrected chi connectivity index (χ4v) is 4.38. The molecule has 2 aliphatic rings. The van der Waals surface area contributed by atoms with Gasteiger partial charge in [-0.05, 0) is 24.5 Å². The van der Waals surface area contributed by atoms with E-state index in [1.165, 1.54) is 11.1 Å². The van der Waals surface area contributed by atoms with E-state index < -0.39 is 0 Å². The van der Waals surface area contributed by atoms with Crippen molar-refractivity contribution in [3.8, 4) is 0 Å². The minimum atomic E-state index is 0.0728. The van der Waals surface area contributed by atoms with Crippen LogP contribution in [-0.2, 0) is 4.79 Å². The standard InChI is InChI=1S/C12H12N2OS2/c13-10-5-7-3-9(4-8(7)6-11(10)15)17-12-14-1-2-16-12/h1-2,5,9H,3-4,6,13H2. The van der Waals surface area contributed by atoms with E-state index in [1.807, 2.05) is 29.4 Å². The van der Waals surface area contributed by atoms with Gasteiger partial charge in [0.15, 0.2) is 5.78 Å². The van der Waals surface area contributed by atoms with Crippen molar-refractivity contribution in [1.82, 2.24) is 4.98 Å². The molecule has 5 heteroatoms. The highest BCUT2D eigenvalue weighted by Crippen LogP contribution is 2.42. The zero-order valence-corrected chi connectivity index (χ0v) is 10.8. The Bertz CT molecular complexity index is 517. The maximum absolute atomic E-state index is 11.5. The summed E-state index contributed by atoms with van der Waals surface area (Å²) in [6.07, 6.45) is 6.22. The average molecular weight is 264 g/mol. The second-order valence-electron chi connectivity index (χ2n) is 4.27. The van der Waals surface area contributed by atoms with Crippen LogP contribution in [0.1, 0.15) is 19.3 Å². The number of aromatic nitrogens is 1. The fourth-order valence-electron chi connectivity index (χ4n) is 2.27. The molecule has 0 aliphatic heterocycles. The van der Waals surface area contributed by atoms with Crippen LogP contribution in [0.5, 0.6) is 0 Å². The molecule has 0 spiro atoms. The number of hydrogen-bond acceptors (Lipinski definition) is 5. The number of nitrogens with zero attached hydrogens (tertiary/aromatic N) is 1. The zero-order chi connectivity index (χ0) is 11.8.